The molecule has 83 heavy (non-hydrogen) atoms. The lowest BCUT2D eigenvalue weighted by Gasteiger charge is -2.29. The van der Waals surface area contributed by atoms with Gasteiger partial charge in [-0.25, -0.2) is 4.79 Å². The molecular formula is C51H82N18O14. The van der Waals surface area contributed by atoms with Crippen LogP contribution in [0.2, 0.25) is 0 Å². The molecule has 2 aliphatic heterocycles. The van der Waals surface area contributed by atoms with Crippen LogP contribution in [0.4, 0.5) is 0 Å². The monoisotopic (exact) mass is 1170 g/mol. The summed E-state index contributed by atoms with van der Waals surface area (Å²) in [7, 11) is 0. The topological polar surface area (TPSA) is 543 Å². The molecule has 0 unspecified atom stereocenters. The van der Waals surface area contributed by atoms with Gasteiger partial charge in [0.15, 0.2) is 11.9 Å². The highest BCUT2D eigenvalue weighted by atomic mass is 16.4. The van der Waals surface area contributed by atoms with Gasteiger partial charge < -0.3 is 97.4 Å². The van der Waals surface area contributed by atoms with Crippen LogP contribution >= 0.6 is 0 Å². The highest BCUT2D eigenvalue weighted by Gasteiger charge is 2.40. The minimum Gasteiger partial charge on any atom is -0.480 e. The van der Waals surface area contributed by atoms with E-state index in [1.807, 2.05) is 0 Å². The van der Waals surface area contributed by atoms with Crippen LogP contribution in [0.3, 0.4) is 0 Å². The summed E-state index contributed by atoms with van der Waals surface area (Å²) in [5, 5.41) is 37.2. The van der Waals surface area contributed by atoms with Gasteiger partial charge in [-0.1, -0.05) is 44.2 Å². The second kappa shape index (κ2) is 34.6. The van der Waals surface area contributed by atoms with Crippen molar-refractivity contribution in [1.82, 2.24) is 47.0 Å². The van der Waals surface area contributed by atoms with E-state index in [0.29, 0.717) is 24.8 Å². The Balaban J connectivity index is 1.81. The number of primary amides is 2. The number of nitrogens with zero attached hydrogens (tertiary/aromatic N) is 4. The third kappa shape index (κ3) is 23.7. The number of aliphatic hydroxyl groups is 1. The first-order valence-electron chi connectivity index (χ1n) is 27.2. The number of carboxylic acids is 1. The largest absolute Gasteiger partial charge is 0.480 e. The van der Waals surface area contributed by atoms with Gasteiger partial charge in [0.2, 0.25) is 65.0 Å². The molecule has 3 rings (SSSR count). The first kappa shape index (κ1) is 68.6. The van der Waals surface area contributed by atoms with E-state index in [0.717, 1.165) is 4.90 Å². The number of carbonyl (C=O) groups excluding carboxylic acids is 11. The van der Waals surface area contributed by atoms with E-state index in [1.165, 1.54) is 4.90 Å². The van der Waals surface area contributed by atoms with E-state index in [-0.39, 0.29) is 89.0 Å². The molecule has 2 saturated heterocycles. The van der Waals surface area contributed by atoms with Crippen molar-refractivity contribution in [1.29, 1.82) is 0 Å². The van der Waals surface area contributed by atoms with Crippen LogP contribution in [0.25, 0.3) is 0 Å². The zero-order valence-electron chi connectivity index (χ0n) is 46.7. The molecule has 32 nitrogen and oxygen atoms in total. The number of likely N-dealkylation sites (tertiary alicyclic amines) is 2. The Morgan fingerprint density at radius 1 is 0.602 bits per heavy atom. The maximum Gasteiger partial charge on any atom is 0.326 e. The molecule has 11 amide bonds. The number of aliphatic carboxylic acids is 1. The van der Waals surface area contributed by atoms with Crippen LogP contribution in [0.1, 0.15) is 96.5 Å². The van der Waals surface area contributed by atoms with Crippen LogP contribution in [0.15, 0.2) is 40.3 Å². The number of rotatable bonds is 35. The number of aliphatic hydroxyl groups excluding tert-OH is 1. The first-order chi connectivity index (χ1) is 39.2. The van der Waals surface area contributed by atoms with E-state index in [4.69, 9.17) is 40.1 Å². The molecule has 0 radical (unpaired) electrons. The average molecular weight is 1170 g/mol. The zero-order valence-corrected chi connectivity index (χ0v) is 46.7. The fraction of sp³-hybridized carbons (Fsp3) is 0.608. The Morgan fingerprint density at radius 2 is 1.11 bits per heavy atom. The number of hydrogen-bond acceptors (Lipinski definition) is 16. The van der Waals surface area contributed by atoms with Gasteiger partial charge in [-0.05, 0) is 75.7 Å². The predicted molar refractivity (Wildman–Crippen MR) is 298 cm³/mol. The quantitative estimate of drug-likeness (QED) is 0.0171. The number of carbonyl (C=O) groups is 12. The van der Waals surface area contributed by atoms with Crippen molar-refractivity contribution in [2.45, 2.75) is 152 Å². The van der Waals surface area contributed by atoms with E-state index in [9.17, 15) is 67.7 Å². The van der Waals surface area contributed by atoms with Crippen molar-refractivity contribution in [3.05, 3.63) is 35.9 Å². The molecular weight excluding hydrogens is 1090 g/mol. The number of nitrogens with two attached hydrogens (primary N) is 7. The minimum absolute atomic E-state index is 0.0315. The number of carboxylic acid groups (broad SMARTS) is 1. The summed E-state index contributed by atoms with van der Waals surface area (Å²) in [4.78, 5) is 170. The molecule has 0 aliphatic carbocycles. The maximum atomic E-state index is 14.4. The Bertz CT molecular complexity index is 2510. The molecule has 2 heterocycles. The number of amides is 11. The lowest BCUT2D eigenvalue weighted by molar-refractivity contribution is -0.149. The average Bonchev–Trinajstić information content (AvgIpc) is 4.22. The summed E-state index contributed by atoms with van der Waals surface area (Å²) in [5.74, 6) is -11.9. The van der Waals surface area contributed by atoms with Gasteiger partial charge >= 0.3 is 5.97 Å². The molecule has 1 aromatic carbocycles. The van der Waals surface area contributed by atoms with Gasteiger partial charge in [0, 0.05) is 39.0 Å². The molecule has 0 spiro atoms. The van der Waals surface area contributed by atoms with Crippen LogP contribution < -0.4 is 77.4 Å². The molecule has 23 N–H and O–H groups in total. The Morgan fingerprint density at radius 3 is 1.67 bits per heavy atom. The normalized spacial score (nSPS) is 17.2. The van der Waals surface area contributed by atoms with Crippen LogP contribution in [-0.4, -0.2) is 197 Å². The summed E-state index contributed by atoms with van der Waals surface area (Å²) in [6.07, 6.45) is -0.0510. The van der Waals surface area contributed by atoms with Gasteiger partial charge in [0.05, 0.1) is 25.6 Å². The van der Waals surface area contributed by atoms with E-state index in [1.54, 1.807) is 44.2 Å². The fourth-order valence-corrected chi connectivity index (χ4v) is 9.22. The summed E-state index contributed by atoms with van der Waals surface area (Å²) in [6.45, 7) is 2.24. The van der Waals surface area contributed by atoms with Crippen molar-refractivity contribution >= 4 is 82.9 Å². The SMILES string of the molecule is CC(C)C[C@H](NC(=O)[C@H](Cc1ccccc1)NC(=O)[C@H](CC(N)=O)NC(=O)CNC(=O)[C@@H]1CCCN1C(=O)[C@@H](N)CCCN=C(N)N)C(=O)N[C@@H](CCC(N)=O)C(=O)N[C@@H](CO)C(=O)N[C@@H](CCCN=C(N)N)C(=O)N1CCC[C@H]1C(=O)O. The summed E-state index contributed by atoms with van der Waals surface area (Å²) < 4.78 is 0. The second-order valence-electron chi connectivity index (χ2n) is 20.5. The Kier molecular flexibility index (Phi) is 28.6. The molecule has 9 atom stereocenters. The van der Waals surface area contributed by atoms with Crippen LogP contribution in [0.5, 0.6) is 0 Å². The molecule has 1 aromatic rings. The third-order valence-corrected chi connectivity index (χ3v) is 13.4. The molecule has 2 aliphatic rings. The van der Waals surface area contributed by atoms with Gasteiger partial charge in [-0.15, -0.1) is 0 Å². The summed E-state index contributed by atoms with van der Waals surface area (Å²) in [6, 6.07) is -4.31. The van der Waals surface area contributed by atoms with E-state index >= 15 is 0 Å². The third-order valence-electron chi connectivity index (χ3n) is 13.4. The molecule has 460 valence electrons. The predicted octanol–water partition coefficient (Wildman–Crippen LogP) is -7.07. The molecule has 2 fully saturated rings. The maximum absolute atomic E-state index is 14.4. The number of benzene rings is 1. The highest BCUT2D eigenvalue weighted by molar-refractivity contribution is 5.99. The van der Waals surface area contributed by atoms with Crippen molar-refractivity contribution in [3.8, 4) is 0 Å². The molecule has 32 heteroatoms. The number of aliphatic imine (C=N–C) groups is 2. The molecule has 0 bridgehead atoms. The number of hydrogen-bond donors (Lipinski definition) is 16. The van der Waals surface area contributed by atoms with Crippen LogP contribution in [-0.2, 0) is 64.0 Å². The molecule has 0 saturated carbocycles. The minimum atomic E-state index is -1.78. The van der Waals surface area contributed by atoms with E-state index < -0.39 is 158 Å². The van der Waals surface area contributed by atoms with Crippen LogP contribution in [0, 0.1) is 5.92 Å². The fourth-order valence-electron chi connectivity index (χ4n) is 9.22. The first-order valence-corrected chi connectivity index (χ1v) is 27.2. The standard InChI is InChI=1S/C51H82N18O14/c1-27(2)22-32(42(75)63-30(16-17-38(53)71)41(74)67-35(26-70)45(78)64-31(13-7-19-60-51(57)58)48(81)69-21-9-15-37(69)49(82)83)65-43(76)33(23-28-10-4-3-5-11-28)66-44(77)34(24-39(54)72)62-40(73)25-61-46(79)36-14-8-20-68(36)47(80)29(52)12-6-18-59-50(55)56/h3-5,10-11,27,29-37,70H,6-9,12-26,52H2,1-2H3,(H2,53,71)(H2,54,72)(H,61,79)(H,62,73)(H,63,75)(H,64,78)(H,65,76)(H,66,77)(H,67,74)(H,82,83)(H4,55,56,59)(H4,57,58,60)/t29-,30-,31-,32-,33-,34-,35-,36-,37-/m0/s1. The zero-order chi connectivity index (χ0) is 61.9. The lowest BCUT2D eigenvalue weighted by Crippen LogP contribution is -2.61. The van der Waals surface area contributed by atoms with Crippen molar-refractivity contribution in [2.24, 2.45) is 56.0 Å². The van der Waals surface area contributed by atoms with Gasteiger partial charge in [-0.2, -0.15) is 0 Å². The van der Waals surface area contributed by atoms with Crippen molar-refractivity contribution in [2.75, 3.05) is 39.3 Å². The van der Waals surface area contributed by atoms with Gasteiger partial charge in [0.25, 0.3) is 0 Å². The Labute approximate surface area is 479 Å². The van der Waals surface area contributed by atoms with Crippen molar-refractivity contribution < 1.29 is 67.7 Å². The van der Waals surface area contributed by atoms with Gasteiger partial charge in [0.1, 0.15) is 48.3 Å². The van der Waals surface area contributed by atoms with Crippen molar-refractivity contribution in [3.63, 3.8) is 0 Å². The number of nitrogens with one attached hydrogen (secondary N) is 7. The number of guanidine groups is 2. The van der Waals surface area contributed by atoms with Gasteiger partial charge in [-0.3, -0.25) is 62.7 Å². The van der Waals surface area contributed by atoms with E-state index in [2.05, 4.69) is 47.2 Å². The summed E-state index contributed by atoms with van der Waals surface area (Å²) >= 11 is 0. The smallest absolute Gasteiger partial charge is 0.326 e. The summed E-state index contributed by atoms with van der Waals surface area (Å²) in [5.41, 5.74) is 39.0. The Hall–Kier alpha value is -8.68. The lowest BCUT2D eigenvalue weighted by atomic mass is 10.00. The molecule has 0 aromatic heterocycles. The highest BCUT2D eigenvalue weighted by Crippen LogP contribution is 2.21. The second-order valence-corrected chi connectivity index (χ2v) is 20.5.